The highest BCUT2D eigenvalue weighted by atomic mass is 16.6. The number of hydrogen-bond acceptors (Lipinski definition) is 5. The molecule has 138 valence electrons. The number of carbonyl (C=O) groups excluding carboxylic acids is 2. The molecule has 2 atom stereocenters. The second-order valence-corrected chi connectivity index (χ2v) is 7.97. The number of nitrogens with zero attached hydrogens (tertiary/aromatic N) is 1. The molecule has 1 fully saturated rings. The Morgan fingerprint density at radius 3 is 2.40 bits per heavy atom. The molecule has 2 rings (SSSR count). The van der Waals surface area contributed by atoms with Crippen molar-refractivity contribution in [1.82, 2.24) is 4.90 Å². The molecule has 0 aromatic heterocycles. The first-order chi connectivity index (χ1) is 11.5. The SMILES string of the molecule is CC(C)(C)OC(=O)N1CC(O)C(C)(C)[C@@H]1C(=O)OCc1ccccc1. The highest BCUT2D eigenvalue weighted by Gasteiger charge is 2.54. The van der Waals surface area contributed by atoms with E-state index in [1.54, 1.807) is 34.6 Å². The number of aliphatic hydroxyl groups excluding tert-OH is 1. The fourth-order valence-electron chi connectivity index (χ4n) is 2.85. The first-order valence-electron chi connectivity index (χ1n) is 8.40. The smallest absolute Gasteiger partial charge is 0.411 e. The lowest BCUT2D eigenvalue weighted by Gasteiger charge is -2.32. The maximum absolute atomic E-state index is 12.7. The monoisotopic (exact) mass is 349 g/mol. The van der Waals surface area contributed by atoms with Crippen molar-refractivity contribution < 1.29 is 24.2 Å². The summed E-state index contributed by atoms with van der Waals surface area (Å²) in [7, 11) is 0. The summed E-state index contributed by atoms with van der Waals surface area (Å²) in [6.07, 6.45) is -1.46. The standard InChI is InChI=1S/C19H27NO5/c1-18(2,3)25-17(23)20-11-14(21)19(4,5)15(20)16(22)24-12-13-9-7-6-8-10-13/h6-10,14-15,21H,11-12H2,1-5H3/t14?,15-/m0/s1. The van der Waals surface area contributed by atoms with Gasteiger partial charge in [-0.25, -0.2) is 9.59 Å². The van der Waals surface area contributed by atoms with Crippen LogP contribution >= 0.6 is 0 Å². The summed E-state index contributed by atoms with van der Waals surface area (Å²) in [6.45, 7) is 8.91. The van der Waals surface area contributed by atoms with Crippen LogP contribution in [0.1, 0.15) is 40.2 Å². The predicted octanol–water partition coefficient (Wildman–Crippen LogP) is 2.74. The van der Waals surface area contributed by atoms with E-state index < -0.39 is 35.2 Å². The lowest BCUT2D eigenvalue weighted by Crippen LogP contribution is -2.49. The molecule has 0 spiro atoms. The van der Waals surface area contributed by atoms with Gasteiger partial charge in [0.15, 0.2) is 0 Å². The zero-order valence-corrected chi connectivity index (χ0v) is 15.5. The first kappa shape index (κ1) is 19.2. The van der Waals surface area contributed by atoms with Gasteiger partial charge < -0.3 is 14.6 Å². The van der Waals surface area contributed by atoms with Gasteiger partial charge in [-0.2, -0.15) is 0 Å². The third-order valence-corrected chi connectivity index (χ3v) is 4.32. The van der Waals surface area contributed by atoms with Gasteiger partial charge in [0.05, 0.1) is 12.6 Å². The highest BCUT2D eigenvalue weighted by molar-refractivity contribution is 5.83. The molecule has 1 aromatic carbocycles. The van der Waals surface area contributed by atoms with E-state index in [9.17, 15) is 14.7 Å². The summed E-state index contributed by atoms with van der Waals surface area (Å²) < 4.78 is 10.8. The first-order valence-corrected chi connectivity index (χ1v) is 8.40. The second-order valence-electron chi connectivity index (χ2n) is 7.97. The normalized spacial score (nSPS) is 22.6. The number of β-amino-alcohol motifs (C(OH)–C–C–N with tert-alkyl or cyclic N) is 1. The van der Waals surface area contributed by atoms with Crippen LogP contribution in [0.15, 0.2) is 30.3 Å². The van der Waals surface area contributed by atoms with E-state index >= 15 is 0 Å². The molecule has 1 amide bonds. The van der Waals surface area contributed by atoms with Gasteiger partial charge in [-0.05, 0) is 26.3 Å². The van der Waals surface area contributed by atoms with E-state index in [0.29, 0.717) is 0 Å². The number of hydrogen-bond donors (Lipinski definition) is 1. The lowest BCUT2D eigenvalue weighted by molar-refractivity contribution is -0.154. The van der Waals surface area contributed by atoms with Crippen LogP contribution in [-0.4, -0.2) is 46.4 Å². The summed E-state index contributed by atoms with van der Waals surface area (Å²) in [5, 5.41) is 10.3. The van der Waals surface area contributed by atoms with Crippen LogP contribution in [0.3, 0.4) is 0 Å². The van der Waals surface area contributed by atoms with Crippen LogP contribution < -0.4 is 0 Å². The third kappa shape index (κ3) is 4.51. The minimum Gasteiger partial charge on any atom is -0.459 e. The number of rotatable bonds is 3. The number of ether oxygens (including phenoxy) is 2. The summed E-state index contributed by atoms with van der Waals surface area (Å²) in [5.41, 5.74) is -0.659. The Bertz CT molecular complexity index is 620. The van der Waals surface area contributed by atoms with Crippen molar-refractivity contribution in [3.8, 4) is 0 Å². The average molecular weight is 349 g/mol. The molecule has 1 heterocycles. The van der Waals surface area contributed by atoms with E-state index in [-0.39, 0.29) is 13.2 Å². The summed E-state index contributed by atoms with van der Waals surface area (Å²) in [4.78, 5) is 26.4. The minimum atomic E-state index is -0.902. The number of esters is 1. The Morgan fingerprint density at radius 2 is 1.84 bits per heavy atom. The number of likely N-dealkylation sites (tertiary alicyclic amines) is 1. The van der Waals surface area contributed by atoms with E-state index in [1.807, 2.05) is 30.3 Å². The van der Waals surface area contributed by atoms with E-state index in [0.717, 1.165) is 5.56 Å². The second kappa shape index (κ2) is 7.04. The Kier molecular flexibility index (Phi) is 5.42. The van der Waals surface area contributed by atoms with Crippen molar-refractivity contribution in [3.05, 3.63) is 35.9 Å². The Morgan fingerprint density at radius 1 is 1.24 bits per heavy atom. The van der Waals surface area contributed by atoms with Crippen LogP contribution in [0.4, 0.5) is 4.79 Å². The van der Waals surface area contributed by atoms with Crippen molar-refractivity contribution in [2.45, 2.75) is 59.0 Å². The average Bonchev–Trinajstić information content (AvgIpc) is 2.75. The van der Waals surface area contributed by atoms with Gasteiger partial charge >= 0.3 is 12.1 Å². The quantitative estimate of drug-likeness (QED) is 0.849. The molecule has 1 saturated heterocycles. The van der Waals surface area contributed by atoms with Crippen molar-refractivity contribution in [3.63, 3.8) is 0 Å². The molecule has 1 N–H and O–H groups in total. The Labute approximate surface area is 148 Å². The number of amides is 1. The van der Waals surface area contributed by atoms with Crippen LogP contribution in [0, 0.1) is 5.41 Å². The minimum absolute atomic E-state index is 0.0347. The van der Waals surface area contributed by atoms with Gasteiger partial charge in [0.2, 0.25) is 0 Å². The van der Waals surface area contributed by atoms with Crippen LogP contribution in [0.25, 0.3) is 0 Å². The molecule has 1 aromatic rings. The van der Waals surface area contributed by atoms with Gasteiger partial charge in [0, 0.05) is 5.41 Å². The van der Waals surface area contributed by atoms with E-state index in [2.05, 4.69) is 0 Å². The fraction of sp³-hybridized carbons (Fsp3) is 0.579. The van der Waals surface area contributed by atoms with Crippen molar-refractivity contribution in [2.24, 2.45) is 5.41 Å². The van der Waals surface area contributed by atoms with Crippen LogP contribution in [-0.2, 0) is 20.9 Å². The molecule has 1 aliphatic rings. The van der Waals surface area contributed by atoms with Gasteiger partial charge in [0.25, 0.3) is 0 Å². The number of aliphatic hydroxyl groups is 1. The molecule has 25 heavy (non-hydrogen) atoms. The van der Waals surface area contributed by atoms with Gasteiger partial charge in [0.1, 0.15) is 18.2 Å². The molecule has 0 aliphatic carbocycles. The zero-order valence-electron chi connectivity index (χ0n) is 15.5. The number of benzene rings is 1. The zero-order chi connectivity index (χ0) is 18.8. The molecule has 0 bridgehead atoms. The maximum atomic E-state index is 12.7. The summed E-state index contributed by atoms with van der Waals surface area (Å²) >= 11 is 0. The summed E-state index contributed by atoms with van der Waals surface area (Å²) in [5.74, 6) is -0.545. The molecule has 1 unspecified atom stereocenters. The Hall–Kier alpha value is -2.08. The maximum Gasteiger partial charge on any atom is 0.411 e. The van der Waals surface area contributed by atoms with E-state index in [1.165, 1.54) is 4.90 Å². The van der Waals surface area contributed by atoms with Crippen molar-refractivity contribution in [2.75, 3.05) is 6.54 Å². The molecular formula is C19H27NO5. The summed E-state index contributed by atoms with van der Waals surface area (Å²) in [6, 6.07) is 8.41. The van der Waals surface area contributed by atoms with E-state index in [4.69, 9.17) is 9.47 Å². The van der Waals surface area contributed by atoms with Gasteiger partial charge in [-0.15, -0.1) is 0 Å². The Balaban J connectivity index is 2.14. The molecule has 0 saturated carbocycles. The van der Waals surface area contributed by atoms with Gasteiger partial charge in [-0.1, -0.05) is 44.2 Å². The predicted molar refractivity (Wildman–Crippen MR) is 92.8 cm³/mol. The van der Waals surface area contributed by atoms with Crippen molar-refractivity contribution in [1.29, 1.82) is 0 Å². The molecule has 6 heteroatoms. The van der Waals surface area contributed by atoms with Crippen molar-refractivity contribution >= 4 is 12.1 Å². The molecular weight excluding hydrogens is 322 g/mol. The molecule has 0 radical (unpaired) electrons. The fourth-order valence-corrected chi connectivity index (χ4v) is 2.85. The topological polar surface area (TPSA) is 76.1 Å². The van der Waals surface area contributed by atoms with Crippen LogP contribution in [0.5, 0.6) is 0 Å². The molecule has 6 nitrogen and oxygen atoms in total. The number of carbonyl (C=O) groups is 2. The largest absolute Gasteiger partial charge is 0.459 e. The van der Waals surface area contributed by atoms with Crippen LogP contribution in [0.2, 0.25) is 0 Å². The lowest BCUT2D eigenvalue weighted by atomic mass is 9.82. The highest BCUT2D eigenvalue weighted by Crippen LogP contribution is 2.38. The van der Waals surface area contributed by atoms with Gasteiger partial charge in [-0.3, -0.25) is 4.90 Å². The third-order valence-electron chi connectivity index (χ3n) is 4.32. The molecule has 1 aliphatic heterocycles.